The maximum atomic E-state index is 4.26. The first kappa shape index (κ1) is 13.3. The molecule has 96 valence electrons. The third-order valence-corrected chi connectivity index (χ3v) is 4.69. The molecule has 0 bridgehead atoms. The van der Waals surface area contributed by atoms with E-state index in [0.717, 1.165) is 18.2 Å². The lowest BCUT2D eigenvalue weighted by Crippen LogP contribution is -2.30. The number of halogens is 1. The van der Waals surface area contributed by atoms with Gasteiger partial charge in [-0.2, -0.15) is 5.10 Å². The molecule has 0 saturated heterocycles. The van der Waals surface area contributed by atoms with Crippen molar-refractivity contribution in [2.24, 2.45) is 7.05 Å². The van der Waals surface area contributed by atoms with Crippen LogP contribution in [-0.2, 0) is 18.9 Å². The van der Waals surface area contributed by atoms with Gasteiger partial charge in [-0.3, -0.25) is 4.68 Å². The van der Waals surface area contributed by atoms with E-state index < -0.39 is 0 Å². The van der Waals surface area contributed by atoms with Crippen LogP contribution in [0, 0.1) is 0 Å². The van der Waals surface area contributed by atoms with E-state index in [-0.39, 0.29) is 5.41 Å². The predicted molar refractivity (Wildman–Crippen MR) is 79.1 cm³/mol. The van der Waals surface area contributed by atoms with E-state index in [4.69, 9.17) is 0 Å². The van der Waals surface area contributed by atoms with E-state index in [2.05, 4.69) is 64.5 Å². The normalized spacial score (nSPS) is 14.4. The first-order valence-corrected chi connectivity index (χ1v) is 7.41. The fourth-order valence-corrected chi connectivity index (χ4v) is 3.31. The summed E-state index contributed by atoms with van der Waals surface area (Å²) in [5, 5.41) is 5.23. The minimum atomic E-state index is 0.157. The van der Waals surface area contributed by atoms with Crippen molar-refractivity contribution in [3.05, 3.63) is 53.9 Å². The molecule has 2 aromatic rings. The van der Waals surface area contributed by atoms with Crippen LogP contribution in [0.4, 0.5) is 0 Å². The van der Waals surface area contributed by atoms with Crippen molar-refractivity contribution >= 4 is 15.9 Å². The molecule has 3 heteroatoms. The summed E-state index contributed by atoms with van der Waals surface area (Å²) < 4.78 is 1.87. The monoisotopic (exact) mass is 306 g/mol. The quantitative estimate of drug-likeness (QED) is 0.770. The summed E-state index contributed by atoms with van der Waals surface area (Å²) in [6.07, 6.45) is 6.20. The molecule has 1 aromatic heterocycles. The molecular formula is C15H19BrN2. The Labute approximate surface area is 117 Å². The maximum Gasteiger partial charge on any atom is 0.0521 e. The molecule has 0 spiro atoms. The van der Waals surface area contributed by atoms with Crippen LogP contribution in [-0.4, -0.2) is 15.1 Å². The van der Waals surface area contributed by atoms with Gasteiger partial charge in [-0.05, 0) is 24.0 Å². The molecule has 18 heavy (non-hydrogen) atoms. The molecule has 0 amide bonds. The van der Waals surface area contributed by atoms with E-state index in [1.807, 2.05) is 17.9 Å². The third kappa shape index (κ3) is 2.66. The number of hydrogen-bond acceptors (Lipinski definition) is 1. The number of alkyl halides is 1. The topological polar surface area (TPSA) is 17.8 Å². The van der Waals surface area contributed by atoms with Gasteiger partial charge in [0.25, 0.3) is 0 Å². The molecule has 0 aliphatic heterocycles. The van der Waals surface area contributed by atoms with Crippen LogP contribution in [0.15, 0.2) is 42.7 Å². The highest BCUT2D eigenvalue weighted by Gasteiger charge is 2.29. The largest absolute Gasteiger partial charge is 0.276 e. The molecule has 0 aliphatic rings. The number of benzene rings is 1. The number of nitrogens with zero attached hydrogens (tertiary/aromatic N) is 2. The molecule has 0 N–H and O–H groups in total. The average molecular weight is 307 g/mol. The SMILES string of the molecule is CCC(CBr)(Cc1cnn(C)c1)c1ccccc1. The molecule has 1 atom stereocenters. The first-order chi connectivity index (χ1) is 8.70. The lowest BCUT2D eigenvalue weighted by molar-refractivity contribution is 0.464. The lowest BCUT2D eigenvalue weighted by atomic mass is 9.76. The zero-order chi connectivity index (χ0) is 13.0. The van der Waals surface area contributed by atoms with E-state index in [1.165, 1.54) is 11.1 Å². The molecule has 2 rings (SSSR count). The van der Waals surface area contributed by atoms with Crippen molar-refractivity contribution < 1.29 is 0 Å². The summed E-state index contributed by atoms with van der Waals surface area (Å²) in [7, 11) is 1.97. The van der Waals surface area contributed by atoms with Crippen LogP contribution in [0.25, 0.3) is 0 Å². The highest BCUT2D eigenvalue weighted by Crippen LogP contribution is 2.33. The van der Waals surface area contributed by atoms with Gasteiger partial charge in [0.15, 0.2) is 0 Å². The Bertz CT molecular complexity index is 486. The van der Waals surface area contributed by atoms with E-state index in [1.54, 1.807) is 0 Å². The second-order valence-corrected chi connectivity index (χ2v) is 5.39. The zero-order valence-electron chi connectivity index (χ0n) is 10.9. The summed E-state index contributed by atoms with van der Waals surface area (Å²) in [6.45, 7) is 2.25. The van der Waals surface area contributed by atoms with E-state index in [0.29, 0.717) is 0 Å². The zero-order valence-corrected chi connectivity index (χ0v) is 12.5. The van der Waals surface area contributed by atoms with Gasteiger partial charge in [0, 0.05) is 24.0 Å². The Hall–Kier alpha value is -1.09. The third-order valence-electron chi connectivity index (χ3n) is 3.62. The van der Waals surface area contributed by atoms with Gasteiger partial charge in [-0.15, -0.1) is 0 Å². The maximum absolute atomic E-state index is 4.26. The van der Waals surface area contributed by atoms with Crippen molar-refractivity contribution in [3.8, 4) is 0 Å². The predicted octanol–water partition coefficient (Wildman–Crippen LogP) is 3.71. The Kier molecular flexibility index (Phi) is 4.23. The molecule has 1 aromatic carbocycles. The minimum absolute atomic E-state index is 0.157. The summed E-state index contributed by atoms with van der Waals surface area (Å²) in [5.41, 5.74) is 2.85. The number of aromatic nitrogens is 2. The molecule has 0 aliphatic carbocycles. The van der Waals surface area contributed by atoms with Gasteiger partial charge >= 0.3 is 0 Å². The summed E-state index contributed by atoms with van der Waals surface area (Å²) in [4.78, 5) is 0. The first-order valence-electron chi connectivity index (χ1n) is 6.29. The fraction of sp³-hybridized carbons (Fsp3) is 0.400. The van der Waals surface area contributed by atoms with Crippen molar-refractivity contribution in [1.29, 1.82) is 0 Å². The van der Waals surface area contributed by atoms with Gasteiger partial charge in [0.05, 0.1) is 6.20 Å². The molecular weight excluding hydrogens is 288 g/mol. The van der Waals surface area contributed by atoms with Gasteiger partial charge in [-0.1, -0.05) is 53.2 Å². The summed E-state index contributed by atoms with van der Waals surface area (Å²) >= 11 is 3.71. The standard InChI is InChI=1S/C15H19BrN2/c1-3-15(12-16,14-7-5-4-6-8-14)9-13-10-17-18(2)11-13/h4-8,10-11H,3,9,12H2,1-2H3. The highest BCUT2D eigenvalue weighted by atomic mass is 79.9. The van der Waals surface area contributed by atoms with E-state index in [9.17, 15) is 0 Å². The summed E-state index contributed by atoms with van der Waals surface area (Å²) in [6, 6.07) is 10.8. The Balaban J connectivity index is 2.32. The second-order valence-electron chi connectivity index (χ2n) is 4.83. The van der Waals surface area contributed by atoms with Crippen molar-refractivity contribution in [2.75, 3.05) is 5.33 Å². The number of aryl methyl sites for hydroxylation is 1. The minimum Gasteiger partial charge on any atom is -0.276 e. The van der Waals surface area contributed by atoms with Crippen LogP contribution in [0.2, 0.25) is 0 Å². The van der Waals surface area contributed by atoms with Gasteiger partial charge in [-0.25, -0.2) is 0 Å². The van der Waals surface area contributed by atoms with Crippen molar-refractivity contribution in [2.45, 2.75) is 25.2 Å². The number of rotatable bonds is 5. The average Bonchev–Trinajstić information content (AvgIpc) is 2.82. The number of hydrogen-bond donors (Lipinski definition) is 0. The van der Waals surface area contributed by atoms with Crippen LogP contribution in [0.1, 0.15) is 24.5 Å². The van der Waals surface area contributed by atoms with Gasteiger partial charge < -0.3 is 0 Å². The van der Waals surface area contributed by atoms with Crippen molar-refractivity contribution in [1.82, 2.24) is 9.78 Å². The molecule has 0 saturated carbocycles. The van der Waals surface area contributed by atoms with Gasteiger partial charge in [0.2, 0.25) is 0 Å². The molecule has 0 radical (unpaired) electrons. The van der Waals surface area contributed by atoms with Crippen LogP contribution in [0.5, 0.6) is 0 Å². The van der Waals surface area contributed by atoms with Crippen LogP contribution < -0.4 is 0 Å². The lowest BCUT2D eigenvalue weighted by Gasteiger charge is -2.31. The van der Waals surface area contributed by atoms with Crippen LogP contribution in [0.3, 0.4) is 0 Å². The van der Waals surface area contributed by atoms with Crippen LogP contribution >= 0.6 is 15.9 Å². The summed E-state index contributed by atoms with van der Waals surface area (Å²) in [5.74, 6) is 0. The molecule has 1 unspecified atom stereocenters. The molecule has 1 heterocycles. The molecule has 2 nitrogen and oxygen atoms in total. The fourth-order valence-electron chi connectivity index (χ4n) is 2.40. The smallest absolute Gasteiger partial charge is 0.0521 e. The van der Waals surface area contributed by atoms with Gasteiger partial charge in [0.1, 0.15) is 0 Å². The van der Waals surface area contributed by atoms with Crippen molar-refractivity contribution in [3.63, 3.8) is 0 Å². The Morgan fingerprint density at radius 1 is 1.28 bits per heavy atom. The molecule has 0 fully saturated rings. The second kappa shape index (κ2) is 5.70. The Morgan fingerprint density at radius 3 is 2.50 bits per heavy atom. The highest BCUT2D eigenvalue weighted by molar-refractivity contribution is 9.09. The Morgan fingerprint density at radius 2 is 2.00 bits per heavy atom. The van der Waals surface area contributed by atoms with E-state index >= 15 is 0 Å².